The summed E-state index contributed by atoms with van der Waals surface area (Å²) in [5.74, 6) is 1.02. The van der Waals surface area contributed by atoms with Crippen molar-refractivity contribution in [3.05, 3.63) is 0 Å². The van der Waals surface area contributed by atoms with E-state index in [0.29, 0.717) is 18.0 Å². The molecule has 20 heavy (non-hydrogen) atoms. The molecule has 3 fully saturated rings. The van der Waals surface area contributed by atoms with Crippen LogP contribution in [-0.4, -0.2) is 41.8 Å². The quantitative estimate of drug-likeness (QED) is 0.815. The van der Waals surface area contributed by atoms with Gasteiger partial charge in [0.05, 0.1) is 0 Å². The second kappa shape index (κ2) is 4.62. The van der Waals surface area contributed by atoms with Crippen molar-refractivity contribution >= 4 is 6.03 Å². The van der Waals surface area contributed by atoms with Gasteiger partial charge in [0.1, 0.15) is 0 Å². The summed E-state index contributed by atoms with van der Waals surface area (Å²) < 4.78 is 0. The van der Waals surface area contributed by atoms with Crippen LogP contribution in [0.2, 0.25) is 0 Å². The number of amides is 2. The van der Waals surface area contributed by atoms with Gasteiger partial charge in [-0.05, 0) is 42.4 Å². The van der Waals surface area contributed by atoms with Crippen LogP contribution in [0.25, 0.3) is 0 Å². The highest BCUT2D eigenvalue weighted by molar-refractivity contribution is 5.75. The molecule has 0 aromatic rings. The summed E-state index contributed by atoms with van der Waals surface area (Å²) in [6.45, 7) is 8.78. The second-order valence-corrected chi connectivity index (χ2v) is 7.90. The molecule has 4 atom stereocenters. The second-order valence-electron chi connectivity index (χ2n) is 7.90. The van der Waals surface area contributed by atoms with E-state index < -0.39 is 0 Å². The van der Waals surface area contributed by atoms with Crippen LogP contribution in [-0.2, 0) is 0 Å². The number of aliphatic hydroxyl groups is 1. The van der Waals surface area contributed by atoms with Gasteiger partial charge in [0, 0.05) is 31.7 Å². The molecular formula is C16H28N2O2. The number of nitrogens with one attached hydrogen (secondary N) is 1. The van der Waals surface area contributed by atoms with Crippen LogP contribution in [0.5, 0.6) is 0 Å². The van der Waals surface area contributed by atoms with Gasteiger partial charge in [-0.15, -0.1) is 0 Å². The van der Waals surface area contributed by atoms with Gasteiger partial charge in [0.2, 0.25) is 0 Å². The predicted molar refractivity (Wildman–Crippen MR) is 78.3 cm³/mol. The molecule has 1 saturated heterocycles. The molecule has 2 bridgehead atoms. The van der Waals surface area contributed by atoms with Gasteiger partial charge >= 0.3 is 6.03 Å². The van der Waals surface area contributed by atoms with Crippen LogP contribution in [0.4, 0.5) is 4.79 Å². The summed E-state index contributed by atoms with van der Waals surface area (Å²) >= 11 is 0. The zero-order valence-electron chi connectivity index (χ0n) is 13.0. The maximum atomic E-state index is 12.4. The number of hydrogen-bond acceptors (Lipinski definition) is 2. The van der Waals surface area contributed by atoms with Crippen molar-refractivity contribution in [2.45, 2.75) is 52.5 Å². The van der Waals surface area contributed by atoms with E-state index in [2.05, 4.69) is 26.1 Å². The van der Waals surface area contributed by atoms with Crippen molar-refractivity contribution < 1.29 is 9.90 Å². The largest absolute Gasteiger partial charge is 0.396 e. The normalized spacial score (nSPS) is 42.2. The summed E-state index contributed by atoms with van der Waals surface area (Å²) in [4.78, 5) is 14.3. The van der Waals surface area contributed by atoms with Gasteiger partial charge in [-0.3, -0.25) is 0 Å². The van der Waals surface area contributed by atoms with E-state index in [4.69, 9.17) is 0 Å². The standard InChI is InChI=1S/C16H28N2O2/c1-15(2)12-4-6-16(15,3)13(8-12)17-14(20)18-7-5-11(9-18)10-19/h11-13,19H,4-10H2,1-3H3,(H,17,20). The van der Waals surface area contributed by atoms with Gasteiger partial charge in [-0.2, -0.15) is 0 Å². The fourth-order valence-corrected chi connectivity index (χ4v) is 4.83. The van der Waals surface area contributed by atoms with E-state index in [1.54, 1.807) is 0 Å². The Morgan fingerprint density at radius 1 is 1.35 bits per heavy atom. The summed E-state index contributed by atoms with van der Waals surface area (Å²) in [6, 6.07) is 0.396. The minimum Gasteiger partial charge on any atom is -0.396 e. The summed E-state index contributed by atoms with van der Waals surface area (Å²) in [6.07, 6.45) is 4.60. The fraction of sp³-hybridized carbons (Fsp3) is 0.938. The minimum absolute atomic E-state index is 0.0792. The van der Waals surface area contributed by atoms with Crippen molar-refractivity contribution in [1.29, 1.82) is 0 Å². The Morgan fingerprint density at radius 3 is 2.60 bits per heavy atom. The monoisotopic (exact) mass is 280 g/mol. The van der Waals surface area contributed by atoms with Crippen LogP contribution < -0.4 is 5.32 Å². The third-order valence-corrected chi connectivity index (χ3v) is 6.92. The first-order valence-corrected chi connectivity index (χ1v) is 8.05. The van der Waals surface area contributed by atoms with E-state index in [-0.39, 0.29) is 24.0 Å². The number of carbonyl (C=O) groups is 1. The molecule has 114 valence electrons. The van der Waals surface area contributed by atoms with Gasteiger partial charge in [-0.1, -0.05) is 20.8 Å². The Balaban J connectivity index is 1.64. The first-order valence-electron chi connectivity index (χ1n) is 8.05. The number of hydrogen-bond donors (Lipinski definition) is 2. The molecule has 3 rings (SSSR count). The van der Waals surface area contributed by atoms with Crippen LogP contribution in [0.3, 0.4) is 0 Å². The molecule has 2 amide bonds. The average Bonchev–Trinajstić information content (AvgIpc) is 3.01. The molecule has 4 unspecified atom stereocenters. The first kappa shape index (κ1) is 14.2. The fourth-order valence-electron chi connectivity index (χ4n) is 4.83. The Kier molecular flexibility index (Phi) is 3.27. The van der Waals surface area contributed by atoms with E-state index in [0.717, 1.165) is 25.3 Å². The highest BCUT2D eigenvalue weighted by Crippen LogP contribution is 2.65. The Labute approximate surface area is 121 Å². The van der Waals surface area contributed by atoms with E-state index in [9.17, 15) is 9.90 Å². The molecule has 2 aliphatic carbocycles. The summed E-state index contributed by atoms with van der Waals surface area (Å²) in [5.41, 5.74) is 0.576. The molecule has 1 aliphatic heterocycles. The highest BCUT2D eigenvalue weighted by Gasteiger charge is 2.61. The molecule has 2 saturated carbocycles. The molecular weight excluding hydrogens is 252 g/mol. The number of carbonyl (C=O) groups excluding carboxylic acids is 1. The lowest BCUT2D eigenvalue weighted by molar-refractivity contribution is 0.118. The average molecular weight is 280 g/mol. The number of likely N-dealkylation sites (tertiary alicyclic amines) is 1. The van der Waals surface area contributed by atoms with E-state index in [1.165, 1.54) is 12.8 Å². The van der Waals surface area contributed by atoms with Crippen LogP contribution in [0.15, 0.2) is 0 Å². The number of aliphatic hydroxyl groups excluding tert-OH is 1. The lowest BCUT2D eigenvalue weighted by Crippen LogP contribution is -2.50. The molecule has 4 heteroatoms. The number of nitrogens with zero attached hydrogens (tertiary/aromatic N) is 1. The van der Waals surface area contributed by atoms with E-state index in [1.807, 2.05) is 4.90 Å². The molecule has 3 aliphatic rings. The number of urea groups is 1. The van der Waals surface area contributed by atoms with Gasteiger partial charge in [0.25, 0.3) is 0 Å². The Hall–Kier alpha value is -0.770. The third-order valence-electron chi connectivity index (χ3n) is 6.92. The molecule has 4 nitrogen and oxygen atoms in total. The van der Waals surface area contributed by atoms with Gasteiger partial charge < -0.3 is 15.3 Å². The molecule has 0 spiro atoms. The summed E-state index contributed by atoms with van der Waals surface area (Å²) in [5, 5.41) is 12.5. The predicted octanol–water partition coefficient (Wildman–Crippen LogP) is 2.23. The van der Waals surface area contributed by atoms with Crippen molar-refractivity contribution in [1.82, 2.24) is 10.2 Å². The zero-order valence-corrected chi connectivity index (χ0v) is 13.0. The maximum absolute atomic E-state index is 12.4. The smallest absolute Gasteiger partial charge is 0.317 e. The van der Waals surface area contributed by atoms with Crippen LogP contribution in [0.1, 0.15) is 46.5 Å². The van der Waals surface area contributed by atoms with Gasteiger partial charge in [0.15, 0.2) is 0 Å². The SMILES string of the molecule is CC1(C)C2CCC1(C)C(NC(=O)N1CCC(CO)C1)C2. The first-order chi connectivity index (χ1) is 9.38. The summed E-state index contributed by atoms with van der Waals surface area (Å²) in [7, 11) is 0. The van der Waals surface area contributed by atoms with Crippen LogP contribution in [0, 0.1) is 22.7 Å². The Morgan fingerprint density at radius 2 is 2.10 bits per heavy atom. The highest BCUT2D eigenvalue weighted by atomic mass is 16.3. The third kappa shape index (κ3) is 1.87. The van der Waals surface area contributed by atoms with Crippen molar-refractivity contribution in [2.24, 2.45) is 22.7 Å². The Bertz CT molecular complexity index is 409. The van der Waals surface area contributed by atoms with E-state index >= 15 is 0 Å². The van der Waals surface area contributed by atoms with Crippen molar-refractivity contribution in [2.75, 3.05) is 19.7 Å². The lowest BCUT2D eigenvalue weighted by atomic mass is 9.69. The molecule has 0 aromatic heterocycles. The topological polar surface area (TPSA) is 52.6 Å². The van der Waals surface area contributed by atoms with Crippen molar-refractivity contribution in [3.63, 3.8) is 0 Å². The molecule has 0 aromatic carbocycles. The van der Waals surface area contributed by atoms with Crippen LogP contribution >= 0.6 is 0 Å². The number of fused-ring (bicyclic) bond motifs is 2. The number of rotatable bonds is 2. The zero-order chi connectivity index (χ0) is 14.5. The molecule has 0 radical (unpaired) electrons. The molecule has 1 heterocycles. The maximum Gasteiger partial charge on any atom is 0.317 e. The van der Waals surface area contributed by atoms with Gasteiger partial charge in [-0.25, -0.2) is 4.79 Å². The van der Waals surface area contributed by atoms with Crippen molar-refractivity contribution in [3.8, 4) is 0 Å². The minimum atomic E-state index is 0.0792. The lowest BCUT2D eigenvalue weighted by Gasteiger charge is -2.40. The molecule has 2 N–H and O–H groups in total.